The Morgan fingerprint density at radius 3 is 2.44 bits per heavy atom. The molecular formula is C18H19F2N3O4. The highest BCUT2D eigenvalue weighted by molar-refractivity contribution is 5.90. The van der Waals surface area contributed by atoms with Crippen LogP contribution in [0, 0.1) is 29.4 Å². The smallest absolute Gasteiger partial charge is 0.414 e. The SMILES string of the molecule is CC(=O)NC[C@H]1CN(c2cc(F)c(N3C[C@@H]4C(C=O)[C@@H]4C3)c(F)c2)C(=O)O1. The van der Waals surface area contributed by atoms with Gasteiger partial charge >= 0.3 is 6.09 Å². The van der Waals surface area contributed by atoms with Gasteiger partial charge < -0.3 is 19.7 Å². The molecule has 0 spiro atoms. The maximum atomic E-state index is 14.6. The summed E-state index contributed by atoms with van der Waals surface area (Å²) in [4.78, 5) is 36.6. The Morgan fingerprint density at radius 1 is 1.26 bits per heavy atom. The zero-order valence-electron chi connectivity index (χ0n) is 14.7. The van der Waals surface area contributed by atoms with Crippen LogP contribution >= 0.6 is 0 Å². The molecule has 3 aliphatic rings. The number of benzene rings is 1. The fraction of sp³-hybridized carbons (Fsp3) is 0.500. The van der Waals surface area contributed by atoms with Crippen molar-refractivity contribution in [2.24, 2.45) is 17.8 Å². The summed E-state index contributed by atoms with van der Waals surface area (Å²) in [7, 11) is 0. The lowest BCUT2D eigenvalue weighted by Crippen LogP contribution is -2.33. The van der Waals surface area contributed by atoms with E-state index in [-0.39, 0.29) is 48.1 Å². The minimum absolute atomic E-state index is 0.00608. The van der Waals surface area contributed by atoms with E-state index in [1.54, 1.807) is 4.90 Å². The summed E-state index contributed by atoms with van der Waals surface area (Å²) in [5.41, 5.74) is -0.0582. The average Bonchev–Trinajstić information content (AvgIpc) is 2.92. The van der Waals surface area contributed by atoms with Gasteiger partial charge in [-0.15, -0.1) is 0 Å². The number of hydrogen-bond acceptors (Lipinski definition) is 5. The summed E-state index contributed by atoms with van der Waals surface area (Å²) >= 11 is 0. The predicted molar refractivity (Wildman–Crippen MR) is 91.4 cm³/mol. The van der Waals surface area contributed by atoms with E-state index in [1.807, 2.05) is 0 Å². The number of amides is 2. The lowest BCUT2D eigenvalue weighted by Gasteiger charge is -2.23. The number of halogens is 2. The molecule has 1 N–H and O–H groups in total. The van der Waals surface area contributed by atoms with E-state index in [9.17, 15) is 23.2 Å². The molecule has 1 saturated carbocycles. The van der Waals surface area contributed by atoms with Gasteiger partial charge in [-0.2, -0.15) is 0 Å². The van der Waals surface area contributed by atoms with E-state index in [1.165, 1.54) is 6.92 Å². The van der Waals surface area contributed by atoms with Crippen molar-refractivity contribution in [1.82, 2.24) is 5.32 Å². The zero-order valence-corrected chi connectivity index (χ0v) is 14.7. The van der Waals surface area contributed by atoms with Gasteiger partial charge in [0.2, 0.25) is 5.91 Å². The molecule has 0 radical (unpaired) electrons. The highest BCUT2D eigenvalue weighted by atomic mass is 19.1. The second kappa shape index (κ2) is 6.47. The van der Waals surface area contributed by atoms with Crippen molar-refractivity contribution in [3.63, 3.8) is 0 Å². The standard InChI is InChI=1S/C18H19F2N3O4/c1-9(25)21-4-11-5-23(18(26)27-11)10-2-15(19)17(16(20)3-10)22-6-12-13(7-22)14(12)8-24/h2-3,8,11-14H,4-7H2,1H3,(H,21,25)/t11-,12-,13+,14?/m0/s1. The first-order valence-corrected chi connectivity index (χ1v) is 8.81. The van der Waals surface area contributed by atoms with E-state index in [2.05, 4.69) is 5.32 Å². The number of anilines is 2. The maximum absolute atomic E-state index is 14.6. The lowest BCUT2D eigenvalue weighted by molar-refractivity contribution is -0.119. The van der Waals surface area contributed by atoms with Crippen LogP contribution in [0.25, 0.3) is 0 Å². The molecule has 2 saturated heterocycles. The minimum atomic E-state index is -0.757. The van der Waals surface area contributed by atoms with Crippen LogP contribution in [0.4, 0.5) is 25.0 Å². The lowest BCUT2D eigenvalue weighted by atomic mass is 10.2. The van der Waals surface area contributed by atoms with E-state index in [0.29, 0.717) is 13.1 Å². The van der Waals surface area contributed by atoms with Gasteiger partial charge in [0.1, 0.15) is 18.1 Å². The topological polar surface area (TPSA) is 79.0 Å². The first kappa shape index (κ1) is 17.7. The van der Waals surface area contributed by atoms with Gasteiger partial charge in [-0.3, -0.25) is 9.69 Å². The van der Waals surface area contributed by atoms with Gasteiger partial charge in [0.25, 0.3) is 0 Å². The molecule has 1 aromatic carbocycles. The van der Waals surface area contributed by atoms with E-state index < -0.39 is 23.8 Å². The molecule has 1 aliphatic carbocycles. The van der Waals surface area contributed by atoms with Crippen LogP contribution in [0.2, 0.25) is 0 Å². The molecule has 4 atom stereocenters. The van der Waals surface area contributed by atoms with Crippen LogP contribution < -0.4 is 15.1 Å². The summed E-state index contributed by atoms with van der Waals surface area (Å²) in [6.07, 6.45) is -0.384. The van der Waals surface area contributed by atoms with Gasteiger partial charge in [0.05, 0.1) is 18.8 Å². The van der Waals surface area contributed by atoms with Crippen molar-refractivity contribution < 1.29 is 27.9 Å². The number of fused-ring (bicyclic) bond motifs is 1. The minimum Gasteiger partial charge on any atom is -0.442 e. The molecule has 0 aromatic heterocycles. The molecule has 2 heterocycles. The van der Waals surface area contributed by atoms with Crippen molar-refractivity contribution in [1.29, 1.82) is 0 Å². The summed E-state index contributed by atoms with van der Waals surface area (Å²) in [5.74, 6) is -1.43. The Hall–Kier alpha value is -2.71. The molecule has 4 rings (SSSR count). The van der Waals surface area contributed by atoms with Crippen LogP contribution in [0.5, 0.6) is 0 Å². The fourth-order valence-corrected chi connectivity index (χ4v) is 4.06. The largest absolute Gasteiger partial charge is 0.442 e. The van der Waals surface area contributed by atoms with Crippen LogP contribution in [-0.2, 0) is 14.3 Å². The van der Waals surface area contributed by atoms with Crippen LogP contribution in [-0.4, -0.2) is 50.6 Å². The summed E-state index contributed by atoms with van der Waals surface area (Å²) in [6.45, 7) is 2.47. The molecular weight excluding hydrogens is 360 g/mol. The Balaban J connectivity index is 1.48. The van der Waals surface area contributed by atoms with Crippen molar-refractivity contribution in [3.8, 4) is 0 Å². The number of ether oxygens (including phenoxy) is 1. The molecule has 9 heteroatoms. The summed E-state index contributed by atoms with van der Waals surface area (Å²) < 4.78 is 34.4. The Kier molecular flexibility index (Phi) is 4.24. The second-order valence-corrected chi connectivity index (χ2v) is 7.26. The Morgan fingerprint density at radius 2 is 1.89 bits per heavy atom. The summed E-state index contributed by atoms with van der Waals surface area (Å²) in [5, 5.41) is 2.54. The second-order valence-electron chi connectivity index (χ2n) is 7.26. The number of cyclic esters (lactones) is 1. The molecule has 144 valence electrons. The van der Waals surface area contributed by atoms with Crippen LogP contribution in [0.1, 0.15) is 6.92 Å². The molecule has 3 fully saturated rings. The molecule has 1 unspecified atom stereocenters. The van der Waals surface area contributed by atoms with Crippen molar-refractivity contribution in [2.45, 2.75) is 13.0 Å². The van der Waals surface area contributed by atoms with Gasteiger partial charge in [-0.25, -0.2) is 13.6 Å². The number of piperidine rings is 1. The number of nitrogens with one attached hydrogen (secondary N) is 1. The van der Waals surface area contributed by atoms with Crippen LogP contribution in [0.15, 0.2) is 12.1 Å². The number of carbonyl (C=O) groups excluding carboxylic acids is 3. The highest BCUT2D eigenvalue weighted by Crippen LogP contribution is 2.52. The fourth-order valence-electron chi connectivity index (χ4n) is 4.06. The third kappa shape index (κ3) is 3.11. The third-order valence-corrected chi connectivity index (χ3v) is 5.50. The molecule has 27 heavy (non-hydrogen) atoms. The van der Waals surface area contributed by atoms with E-state index >= 15 is 0 Å². The average molecular weight is 379 g/mol. The number of nitrogens with zero attached hydrogens (tertiary/aromatic N) is 2. The van der Waals surface area contributed by atoms with Gasteiger partial charge in [-0.05, 0) is 11.8 Å². The Bertz CT molecular complexity index is 783. The van der Waals surface area contributed by atoms with Crippen molar-refractivity contribution >= 4 is 29.7 Å². The van der Waals surface area contributed by atoms with Gasteiger partial charge in [0, 0.05) is 38.1 Å². The molecule has 0 bridgehead atoms. The van der Waals surface area contributed by atoms with Crippen LogP contribution in [0.3, 0.4) is 0 Å². The number of hydrogen-bond donors (Lipinski definition) is 1. The molecule has 7 nitrogen and oxygen atoms in total. The predicted octanol–water partition coefficient (Wildman–Crippen LogP) is 1.31. The van der Waals surface area contributed by atoms with Crippen molar-refractivity contribution in [3.05, 3.63) is 23.8 Å². The normalized spacial score (nSPS) is 28.8. The molecule has 1 aromatic rings. The van der Waals surface area contributed by atoms with E-state index in [0.717, 1.165) is 23.3 Å². The highest BCUT2D eigenvalue weighted by Gasteiger charge is 2.56. The molecule has 2 amide bonds. The zero-order chi connectivity index (χ0) is 19.3. The number of aldehydes is 1. The Labute approximate surface area is 154 Å². The number of rotatable bonds is 5. The number of carbonyl (C=O) groups is 3. The van der Waals surface area contributed by atoms with Gasteiger partial charge in [-0.1, -0.05) is 0 Å². The molecule has 2 aliphatic heterocycles. The quantitative estimate of drug-likeness (QED) is 0.781. The third-order valence-electron chi connectivity index (χ3n) is 5.50. The monoisotopic (exact) mass is 379 g/mol. The maximum Gasteiger partial charge on any atom is 0.414 e. The van der Waals surface area contributed by atoms with E-state index in [4.69, 9.17) is 4.74 Å². The van der Waals surface area contributed by atoms with Crippen molar-refractivity contribution in [2.75, 3.05) is 36.0 Å². The first-order chi connectivity index (χ1) is 12.9. The summed E-state index contributed by atoms with van der Waals surface area (Å²) in [6, 6.07) is 2.23. The van der Waals surface area contributed by atoms with Gasteiger partial charge in [0.15, 0.2) is 11.6 Å². The first-order valence-electron chi connectivity index (χ1n) is 8.81.